The molecule has 26 heavy (non-hydrogen) atoms. The van der Waals surface area contributed by atoms with Gasteiger partial charge in [-0.25, -0.2) is 4.98 Å². The van der Waals surface area contributed by atoms with Crippen LogP contribution >= 0.6 is 0 Å². The standard InChI is InChI=1S/C14H15F3N6O2S/c1-3-8(2)22-5-4-10-11(21-26(24,25)14(15,16)17)20-12-9(6-18)7-19-23(12)13(10)22/h7-8H,3-5H2,1-2H3,(H,20,21). The minimum atomic E-state index is -5.63. The normalized spacial score (nSPS) is 15.8. The third kappa shape index (κ3) is 2.72. The van der Waals surface area contributed by atoms with Crippen molar-refractivity contribution in [3.05, 3.63) is 17.3 Å². The molecule has 140 valence electrons. The number of nitriles is 1. The summed E-state index contributed by atoms with van der Waals surface area (Å²) in [7, 11) is -5.63. The van der Waals surface area contributed by atoms with Gasteiger partial charge in [-0.3, -0.25) is 4.72 Å². The minimum Gasteiger partial charge on any atom is -0.353 e. The number of alkyl halides is 3. The van der Waals surface area contributed by atoms with Gasteiger partial charge in [0, 0.05) is 18.2 Å². The quantitative estimate of drug-likeness (QED) is 0.860. The predicted molar refractivity (Wildman–Crippen MR) is 87.1 cm³/mol. The zero-order valence-corrected chi connectivity index (χ0v) is 14.7. The fourth-order valence-corrected chi connectivity index (χ4v) is 3.41. The topological polar surface area (TPSA) is 103 Å². The zero-order valence-electron chi connectivity index (χ0n) is 13.9. The van der Waals surface area contributed by atoms with Crippen LogP contribution in [0.2, 0.25) is 0 Å². The summed E-state index contributed by atoms with van der Waals surface area (Å²) < 4.78 is 64.3. The molecule has 0 bridgehead atoms. The summed E-state index contributed by atoms with van der Waals surface area (Å²) in [5.74, 6) is 0.0263. The van der Waals surface area contributed by atoms with Gasteiger partial charge in [0.15, 0.2) is 5.65 Å². The highest BCUT2D eigenvalue weighted by Crippen LogP contribution is 2.37. The van der Waals surface area contributed by atoms with Crippen LogP contribution in [0.4, 0.5) is 24.8 Å². The molecule has 1 atom stereocenters. The van der Waals surface area contributed by atoms with Gasteiger partial charge in [0.25, 0.3) is 0 Å². The molecule has 3 rings (SSSR count). The van der Waals surface area contributed by atoms with Crippen LogP contribution in [0.3, 0.4) is 0 Å². The van der Waals surface area contributed by atoms with E-state index in [9.17, 15) is 26.9 Å². The van der Waals surface area contributed by atoms with Gasteiger partial charge >= 0.3 is 15.5 Å². The van der Waals surface area contributed by atoms with Crippen molar-refractivity contribution in [2.75, 3.05) is 16.2 Å². The van der Waals surface area contributed by atoms with Gasteiger partial charge < -0.3 is 4.90 Å². The first-order chi connectivity index (χ1) is 12.1. The van der Waals surface area contributed by atoms with E-state index in [1.165, 1.54) is 15.4 Å². The Bertz CT molecular complexity index is 1010. The summed E-state index contributed by atoms with van der Waals surface area (Å²) in [6, 6.07) is 1.90. The molecule has 0 aromatic carbocycles. The molecule has 1 N–H and O–H groups in total. The van der Waals surface area contributed by atoms with E-state index in [2.05, 4.69) is 10.1 Å². The SMILES string of the molecule is CCC(C)N1CCc2c(NS(=O)(=O)C(F)(F)F)nc3c(C#N)cnn3c21. The summed E-state index contributed by atoms with van der Waals surface area (Å²) in [6.45, 7) is 4.38. The van der Waals surface area contributed by atoms with Gasteiger partial charge in [0.1, 0.15) is 23.3 Å². The summed E-state index contributed by atoms with van der Waals surface area (Å²) in [5, 5.41) is 13.3. The average Bonchev–Trinajstić information content (AvgIpc) is 3.16. The van der Waals surface area contributed by atoms with Crippen LogP contribution in [0.1, 0.15) is 31.4 Å². The highest BCUT2D eigenvalue weighted by atomic mass is 32.2. The lowest BCUT2D eigenvalue weighted by molar-refractivity contribution is -0.0429. The molecule has 0 saturated heterocycles. The van der Waals surface area contributed by atoms with Crippen LogP contribution in [-0.2, 0) is 16.4 Å². The molecule has 0 radical (unpaired) electrons. The molecule has 0 spiro atoms. The second-order valence-corrected chi connectivity index (χ2v) is 7.59. The Hall–Kier alpha value is -2.55. The molecule has 3 heterocycles. The van der Waals surface area contributed by atoms with Crippen molar-refractivity contribution in [2.45, 2.75) is 38.2 Å². The minimum absolute atomic E-state index is 0.00123. The van der Waals surface area contributed by atoms with Crippen molar-refractivity contribution in [1.29, 1.82) is 5.26 Å². The molecule has 1 aliphatic heterocycles. The van der Waals surface area contributed by atoms with Crippen LogP contribution in [0.15, 0.2) is 6.20 Å². The first kappa shape index (κ1) is 18.2. The smallest absolute Gasteiger partial charge is 0.353 e. The number of nitrogens with zero attached hydrogens (tertiary/aromatic N) is 5. The summed E-state index contributed by atoms with van der Waals surface area (Å²) >= 11 is 0. The molecule has 1 aliphatic rings. The fraction of sp³-hybridized carbons (Fsp3) is 0.500. The Kier molecular flexibility index (Phi) is 4.22. The molecule has 2 aromatic heterocycles. The van der Waals surface area contributed by atoms with Crippen LogP contribution in [0, 0.1) is 11.3 Å². The van der Waals surface area contributed by atoms with Crippen molar-refractivity contribution in [3.63, 3.8) is 0 Å². The van der Waals surface area contributed by atoms with E-state index in [1.54, 1.807) is 0 Å². The van der Waals surface area contributed by atoms with E-state index >= 15 is 0 Å². The first-order valence-corrected chi connectivity index (χ1v) is 9.25. The Morgan fingerprint density at radius 1 is 1.46 bits per heavy atom. The highest BCUT2D eigenvalue weighted by molar-refractivity contribution is 7.93. The zero-order chi connectivity index (χ0) is 19.3. The van der Waals surface area contributed by atoms with Gasteiger partial charge in [-0.2, -0.15) is 36.5 Å². The van der Waals surface area contributed by atoms with Crippen LogP contribution in [-0.4, -0.2) is 41.1 Å². The first-order valence-electron chi connectivity index (χ1n) is 7.77. The van der Waals surface area contributed by atoms with Crippen molar-refractivity contribution >= 4 is 27.3 Å². The lowest BCUT2D eigenvalue weighted by atomic mass is 10.2. The number of halogens is 3. The molecular formula is C14H15F3N6O2S. The van der Waals surface area contributed by atoms with E-state index in [4.69, 9.17) is 0 Å². The molecule has 1 unspecified atom stereocenters. The largest absolute Gasteiger partial charge is 0.516 e. The molecule has 0 saturated carbocycles. The van der Waals surface area contributed by atoms with Gasteiger partial charge in [-0.1, -0.05) is 6.92 Å². The molecule has 8 nitrogen and oxygen atoms in total. The Balaban J connectivity index is 2.25. The summed E-state index contributed by atoms with van der Waals surface area (Å²) in [6.07, 6.45) is 2.32. The number of aromatic nitrogens is 3. The van der Waals surface area contributed by atoms with Crippen molar-refractivity contribution < 1.29 is 21.6 Å². The fourth-order valence-electron chi connectivity index (χ4n) is 2.87. The molecule has 12 heteroatoms. The van der Waals surface area contributed by atoms with E-state index in [0.717, 1.165) is 6.42 Å². The predicted octanol–water partition coefficient (Wildman–Crippen LogP) is 2.02. The van der Waals surface area contributed by atoms with Crippen LogP contribution in [0.5, 0.6) is 0 Å². The van der Waals surface area contributed by atoms with Gasteiger partial charge in [0.05, 0.1) is 6.20 Å². The Morgan fingerprint density at radius 2 is 2.15 bits per heavy atom. The van der Waals surface area contributed by atoms with Crippen molar-refractivity contribution in [3.8, 4) is 6.07 Å². The summed E-state index contributed by atoms with van der Waals surface area (Å²) in [4.78, 5) is 5.88. The van der Waals surface area contributed by atoms with Crippen LogP contribution < -0.4 is 9.62 Å². The Morgan fingerprint density at radius 3 is 2.73 bits per heavy atom. The number of hydrogen-bond acceptors (Lipinski definition) is 6. The van der Waals surface area contributed by atoms with Gasteiger partial charge in [-0.05, 0) is 19.8 Å². The molecule has 0 aliphatic carbocycles. The van der Waals surface area contributed by atoms with E-state index < -0.39 is 21.3 Å². The van der Waals surface area contributed by atoms with Gasteiger partial charge in [-0.15, -0.1) is 0 Å². The van der Waals surface area contributed by atoms with Crippen molar-refractivity contribution in [1.82, 2.24) is 14.6 Å². The lowest BCUT2D eigenvalue weighted by Gasteiger charge is -2.26. The number of fused-ring (bicyclic) bond motifs is 3. The van der Waals surface area contributed by atoms with E-state index in [-0.39, 0.29) is 17.3 Å². The average molecular weight is 388 g/mol. The maximum atomic E-state index is 12.8. The number of sulfonamides is 1. The number of rotatable bonds is 4. The van der Waals surface area contributed by atoms with Gasteiger partial charge in [0.2, 0.25) is 0 Å². The maximum absolute atomic E-state index is 12.8. The summed E-state index contributed by atoms with van der Waals surface area (Å²) in [5.41, 5.74) is -5.11. The van der Waals surface area contributed by atoms with Crippen LogP contribution in [0.25, 0.3) is 5.65 Å². The second-order valence-electron chi connectivity index (χ2n) is 5.92. The monoisotopic (exact) mass is 388 g/mol. The lowest BCUT2D eigenvalue weighted by Crippen LogP contribution is -2.32. The number of anilines is 2. The number of nitrogens with one attached hydrogen (secondary N) is 1. The van der Waals surface area contributed by atoms with E-state index in [0.29, 0.717) is 24.3 Å². The molecular weight excluding hydrogens is 373 g/mol. The maximum Gasteiger partial charge on any atom is 0.516 e. The third-order valence-corrected chi connectivity index (χ3v) is 5.44. The molecule has 0 amide bonds. The number of hydrogen-bond donors (Lipinski definition) is 1. The Labute approximate surface area is 147 Å². The van der Waals surface area contributed by atoms with E-state index in [1.807, 2.05) is 24.8 Å². The second kappa shape index (κ2) is 6.01. The molecule has 2 aromatic rings. The third-order valence-electron chi connectivity index (χ3n) is 4.37. The highest BCUT2D eigenvalue weighted by Gasteiger charge is 2.47. The van der Waals surface area contributed by atoms with Crippen molar-refractivity contribution in [2.24, 2.45) is 0 Å². The molecule has 0 fully saturated rings.